The van der Waals surface area contributed by atoms with E-state index in [-0.39, 0.29) is 0 Å². The molecule has 0 fully saturated rings. The SMILES string of the molecule is COc1cc(C=CS(=O)(=O)NS(=O)(=O)C=Cc2cc(OC)c(OC)c(OC)c2)cc(OC)c1OC. The van der Waals surface area contributed by atoms with Crippen LogP contribution in [0.2, 0.25) is 0 Å². The molecule has 0 aliphatic rings. The minimum absolute atomic E-state index is 0.303. The van der Waals surface area contributed by atoms with E-state index in [4.69, 9.17) is 28.4 Å². The molecule has 0 radical (unpaired) electrons. The number of nitrogens with one attached hydrogen (secondary N) is 1. The number of methoxy groups -OCH3 is 6. The fourth-order valence-corrected chi connectivity index (χ4v) is 5.36. The van der Waals surface area contributed by atoms with E-state index in [1.54, 1.807) is 4.13 Å². The quantitative estimate of drug-likeness (QED) is 0.437. The second kappa shape index (κ2) is 11.8. The lowest BCUT2D eigenvalue weighted by Gasteiger charge is -2.13. The Hall–Kier alpha value is -3.42. The summed E-state index contributed by atoms with van der Waals surface area (Å²) in [6, 6.07) is 6.02. The fourth-order valence-electron chi connectivity index (χ4n) is 2.95. The number of benzene rings is 2. The van der Waals surface area contributed by atoms with Gasteiger partial charge in [-0.15, -0.1) is 4.13 Å². The predicted molar refractivity (Wildman–Crippen MR) is 131 cm³/mol. The Morgan fingerprint density at radius 3 is 1.06 bits per heavy atom. The van der Waals surface area contributed by atoms with Crippen LogP contribution in [0.15, 0.2) is 35.1 Å². The summed E-state index contributed by atoms with van der Waals surface area (Å²) < 4.78 is 82.5. The molecular weight excluding hydrogens is 502 g/mol. The molecule has 0 saturated carbocycles. The molecule has 11 nitrogen and oxygen atoms in total. The van der Waals surface area contributed by atoms with Gasteiger partial charge in [0, 0.05) is 10.8 Å². The van der Waals surface area contributed by atoms with E-state index in [0.29, 0.717) is 56.4 Å². The van der Waals surface area contributed by atoms with Gasteiger partial charge in [-0.3, -0.25) is 0 Å². The highest BCUT2D eigenvalue weighted by Gasteiger charge is 2.18. The number of hydrogen-bond donors (Lipinski definition) is 1. The Morgan fingerprint density at radius 2 is 0.829 bits per heavy atom. The first-order valence-electron chi connectivity index (χ1n) is 9.77. The lowest BCUT2D eigenvalue weighted by Crippen LogP contribution is -2.26. The van der Waals surface area contributed by atoms with E-state index in [9.17, 15) is 16.8 Å². The van der Waals surface area contributed by atoms with Crippen LogP contribution in [-0.4, -0.2) is 59.5 Å². The van der Waals surface area contributed by atoms with Crippen molar-refractivity contribution in [3.63, 3.8) is 0 Å². The molecule has 0 bridgehead atoms. The average molecular weight is 530 g/mol. The molecule has 0 aliphatic carbocycles. The van der Waals surface area contributed by atoms with Crippen LogP contribution in [0.5, 0.6) is 34.5 Å². The predicted octanol–water partition coefficient (Wildman–Crippen LogP) is 2.63. The lowest BCUT2D eigenvalue weighted by atomic mass is 10.2. The molecule has 192 valence electrons. The maximum Gasteiger partial charge on any atom is 0.246 e. The Balaban J connectivity index is 2.28. The van der Waals surface area contributed by atoms with Crippen molar-refractivity contribution in [2.45, 2.75) is 0 Å². The molecule has 35 heavy (non-hydrogen) atoms. The molecule has 2 aromatic carbocycles. The van der Waals surface area contributed by atoms with Crippen LogP contribution in [0.25, 0.3) is 12.2 Å². The molecule has 0 amide bonds. The molecule has 0 saturated heterocycles. The number of ether oxygens (including phenoxy) is 6. The van der Waals surface area contributed by atoms with Crippen molar-refractivity contribution in [2.24, 2.45) is 0 Å². The molecule has 0 unspecified atom stereocenters. The highest BCUT2D eigenvalue weighted by atomic mass is 32.3. The van der Waals surface area contributed by atoms with Crippen molar-refractivity contribution in [3.8, 4) is 34.5 Å². The molecule has 0 aromatic heterocycles. The van der Waals surface area contributed by atoms with Gasteiger partial charge >= 0.3 is 0 Å². The minimum atomic E-state index is -4.39. The zero-order valence-corrected chi connectivity index (χ0v) is 21.7. The summed E-state index contributed by atoms with van der Waals surface area (Å²) in [5.41, 5.74) is 0.741. The Labute approximate surface area is 205 Å². The van der Waals surface area contributed by atoms with Crippen molar-refractivity contribution in [3.05, 3.63) is 46.2 Å². The third-order valence-electron chi connectivity index (χ3n) is 4.49. The van der Waals surface area contributed by atoms with Gasteiger partial charge < -0.3 is 28.4 Å². The standard InChI is InChI=1S/C22H27NO10S2/c1-28-17-11-15(12-18(29-2)21(17)32-5)7-9-34(24,25)23-35(26,27)10-8-16-13-19(30-3)22(33-6)20(14-16)31-4/h7-14,23H,1-6H3. The van der Waals surface area contributed by atoms with E-state index in [1.165, 1.54) is 79.1 Å². The summed E-state index contributed by atoms with van der Waals surface area (Å²) >= 11 is 0. The summed E-state index contributed by atoms with van der Waals surface area (Å²) in [6.07, 6.45) is 2.37. The molecular formula is C22H27NO10S2. The zero-order chi connectivity index (χ0) is 26.2. The number of sulfonamides is 2. The molecule has 13 heteroatoms. The molecule has 0 aliphatic heterocycles. The van der Waals surface area contributed by atoms with Gasteiger partial charge in [-0.2, -0.15) is 0 Å². The van der Waals surface area contributed by atoms with Crippen LogP contribution in [0.1, 0.15) is 11.1 Å². The fraction of sp³-hybridized carbons (Fsp3) is 0.273. The van der Waals surface area contributed by atoms with E-state index in [2.05, 4.69) is 0 Å². The normalized spacial score (nSPS) is 12.1. The van der Waals surface area contributed by atoms with E-state index < -0.39 is 20.0 Å². The maximum absolute atomic E-state index is 12.4. The third kappa shape index (κ3) is 7.28. The summed E-state index contributed by atoms with van der Waals surface area (Å²) in [6.45, 7) is 0. The molecule has 2 rings (SSSR count). The van der Waals surface area contributed by atoms with Gasteiger partial charge in [-0.05, 0) is 47.5 Å². The summed E-state index contributed by atoms with van der Waals surface area (Å²) in [7, 11) is -0.257. The van der Waals surface area contributed by atoms with E-state index in [0.717, 1.165) is 0 Å². The highest BCUT2D eigenvalue weighted by Crippen LogP contribution is 2.39. The van der Waals surface area contributed by atoms with E-state index in [1.807, 2.05) is 0 Å². The van der Waals surface area contributed by atoms with Crippen LogP contribution in [0.4, 0.5) is 0 Å². The van der Waals surface area contributed by atoms with Crippen LogP contribution >= 0.6 is 0 Å². The van der Waals surface area contributed by atoms with Gasteiger partial charge in [0.05, 0.1) is 42.7 Å². The minimum Gasteiger partial charge on any atom is -0.493 e. The maximum atomic E-state index is 12.4. The topological polar surface area (TPSA) is 136 Å². The summed E-state index contributed by atoms with van der Waals surface area (Å²) in [5.74, 6) is 1.87. The lowest BCUT2D eigenvalue weighted by molar-refractivity contribution is 0.324. The van der Waals surface area contributed by atoms with Crippen LogP contribution in [0, 0.1) is 0 Å². The van der Waals surface area contributed by atoms with Gasteiger partial charge in [0.25, 0.3) is 0 Å². The molecule has 1 N–H and O–H groups in total. The number of hydrogen-bond acceptors (Lipinski definition) is 10. The smallest absolute Gasteiger partial charge is 0.246 e. The monoisotopic (exact) mass is 529 g/mol. The van der Waals surface area contributed by atoms with Gasteiger partial charge in [0.15, 0.2) is 23.0 Å². The molecule has 0 heterocycles. The number of rotatable bonds is 12. The average Bonchev–Trinajstić information content (AvgIpc) is 2.84. The largest absolute Gasteiger partial charge is 0.493 e. The van der Waals surface area contributed by atoms with Crippen molar-refractivity contribution in [1.82, 2.24) is 4.13 Å². The summed E-state index contributed by atoms with van der Waals surface area (Å²) in [5, 5.41) is 1.41. The highest BCUT2D eigenvalue weighted by molar-refractivity contribution is 8.07. The Bertz CT molecular complexity index is 1160. The van der Waals surface area contributed by atoms with Crippen LogP contribution < -0.4 is 32.5 Å². The van der Waals surface area contributed by atoms with Gasteiger partial charge in [0.2, 0.25) is 31.5 Å². The first-order valence-corrected chi connectivity index (χ1v) is 12.9. The van der Waals surface area contributed by atoms with E-state index >= 15 is 0 Å². The van der Waals surface area contributed by atoms with Gasteiger partial charge in [-0.1, -0.05) is 0 Å². The zero-order valence-electron chi connectivity index (χ0n) is 20.0. The summed E-state index contributed by atoms with van der Waals surface area (Å²) in [4.78, 5) is 0. The first kappa shape index (κ1) is 27.8. The van der Waals surface area contributed by atoms with Gasteiger partial charge in [-0.25, -0.2) is 16.8 Å². The van der Waals surface area contributed by atoms with Crippen molar-refractivity contribution in [1.29, 1.82) is 0 Å². The third-order valence-corrected chi connectivity index (χ3v) is 7.33. The second-order valence-corrected chi connectivity index (χ2v) is 10.1. The van der Waals surface area contributed by atoms with Crippen molar-refractivity contribution < 1.29 is 45.3 Å². The molecule has 0 spiro atoms. The molecule has 2 aromatic rings. The Morgan fingerprint density at radius 1 is 0.543 bits per heavy atom. The van der Waals surface area contributed by atoms with Crippen molar-refractivity contribution in [2.75, 3.05) is 42.7 Å². The second-order valence-electron chi connectivity index (χ2n) is 6.70. The van der Waals surface area contributed by atoms with Gasteiger partial charge in [0.1, 0.15) is 0 Å². The first-order chi connectivity index (χ1) is 16.5. The van der Waals surface area contributed by atoms with Crippen LogP contribution in [-0.2, 0) is 20.0 Å². The van der Waals surface area contributed by atoms with Crippen LogP contribution in [0.3, 0.4) is 0 Å². The molecule has 0 atom stereocenters. The van der Waals surface area contributed by atoms with Crippen molar-refractivity contribution >= 4 is 32.2 Å². The Kier molecular flexibility index (Phi) is 9.40.